The van der Waals surface area contributed by atoms with Crippen molar-refractivity contribution in [2.24, 2.45) is 5.92 Å². The van der Waals surface area contributed by atoms with E-state index in [0.717, 1.165) is 16.9 Å². The molecule has 2 atom stereocenters. The van der Waals surface area contributed by atoms with Crippen molar-refractivity contribution >= 4 is 17.5 Å². The maximum atomic E-state index is 12.9. The second-order valence-corrected chi connectivity index (χ2v) is 8.68. The first-order chi connectivity index (χ1) is 17.1. The SMILES string of the molecule is CC(NC(=O)C1CC(=O)N(c2ccc3c(c2)OCCO3)C1)c1ccc(OCc2cccnc2)cc1. The van der Waals surface area contributed by atoms with Crippen LogP contribution in [0.1, 0.15) is 30.5 Å². The van der Waals surface area contributed by atoms with Crippen LogP contribution in [0.4, 0.5) is 5.69 Å². The number of ether oxygens (including phenoxy) is 3. The lowest BCUT2D eigenvalue weighted by Crippen LogP contribution is -2.34. The Morgan fingerprint density at radius 1 is 1.14 bits per heavy atom. The average Bonchev–Trinajstić information content (AvgIpc) is 3.29. The number of anilines is 1. The smallest absolute Gasteiger partial charge is 0.227 e. The zero-order chi connectivity index (χ0) is 24.2. The maximum Gasteiger partial charge on any atom is 0.227 e. The van der Waals surface area contributed by atoms with E-state index in [0.29, 0.717) is 43.6 Å². The summed E-state index contributed by atoms with van der Waals surface area (Å²) in [5, 5.41) is 3.05. The Balaban J connectivity index is 1.16. The van der Waals surface area contributed by atoms with Crippen molar-refractivity contribution in [1.29, 1.82) is 0 Å². The molecule has 1 N–H and O–H groups in total. The molecule has 2 aliphatic heterocycles. The minimum Gasteiger partial charge on any atom is -0.489 e. The summed E-state index contributed by atoms with van der Waals surface area (Å²) in [4.78, 5) is 31.3. The van der Waals surface area contributed by atoms with Crippen LogP contribution in [-0.2, 0) is 16.2 Å². The molecule has 3 aromatic rings. The average molecular weight is 474 g/mol. The predicted molar refractivity (Wildman–Crippen MR) is 129 cm³/mol. The van der Waals surface area contributed by atoms with Gasteiger partial charge >= 0.3 is 0 Å². The normalized spacial score (nSPS) is 17.7. The lowest BCUT2D eigenvalue weighted by atomic mass is 10.0. The van der Waals surface area contributed by atoms with Crippen molar-refractivity contribution in [2.45, 2.75) is 26.0 Å². The van der Waals surface area contributed by atoms with Crippen molar-refractivity contribution < 1.29 is 23.8 Å². The van der Waals surface area contributed by atoms with E-state index in [1.165, 1.54) is 0 Å². The summed E-state index contributed by atoms with van der Waals surface area (Å²) in [7, 11) is 0. The molecule has 3 heterocycles. The summed E-state index contributed by atoms with van der Waals surface area (Å²) < 4.78 is 17.0. The highest BCUT2D eigenvalue weighted by atomic mass is 16.6. The van der Waals surface area contributed by atoms with Crippen LogP contribution in [-0.4, -0.2) is 36.6 Å². The number of nitrogens with zero attached hydrogens (tertiary/aromatic N) is 2. The molecular formula is C27H27N3O5. The van der Waals surface area contributed by atoms with Crippen molar-refractivity contribution in [3.63, 3.8) is 0 Å². The standard InChI is InChI=1S/C27H27N3O5/c1-18(20-4-7-23(8-5-20)35-17-19-3-2-10-28-15-19)29-27(32)21-13-26(31)30(16-21)22-6-9-24-25(14-22)34-12-11-33-24/h2-10,14-15,18,21H,11-13,16-17H2,1H3,(H,29,32). The minimum absolute atomic E-state index is 0.0791. The van der Waals surface area contributed by atoms with Crippen molar-refractivity contribution in [2.75, 3.05) is 24.7 Å². The highest BCUT2D eigenvalue weighted by Gasteiger charge is 2.36. The van der Waals surface area contributed by atoms with Gasteiger partial charge in [-0.05, 0) is 42.8 Å². The summed E-state index contributed by atoms with van der Waals surface area (Å²) >= 11 is 0. The molecule has 2 aliphatic rings. The van der Waals surface area contributed by atoms with Gasteiger partial charge in [-0.1, -0.05) is 18.2 Å². The Bertz CT molecular complexity index is 1200. The van der Waals surface area contributed by atoms with Crippen LogP contribution < -0.4 is 24.4 Å². The van der Waals surface area contributed by atoms with E-state index in [2.05, 4.69) is 10.3 Å². The number of carbonyl (C=O) groups is 2. The molecule has 1 saturated heterocycles. The summed E-state index contributed by atoms with van der Waals surface area (Å²) in [6, 6.07) is 16.7. The lowest BCUT2D eigenvalue weighted by Gasteiger charge is -2.22. The summed E-state index contributed by atoms with van der Waals surface area (Å²) in [6.07, 6.45) is 3.67. The van der Waals surface area contributed by atoms with Crippen LogP contribution in [0.25, 0.3) is 0 Å². The van der Waals surface area contributed by atoms with E-state index in [1.54, 1.807) is 29.4 Å². The van der Waals surface area contributed by atoms with Crippen LogP contribution in [0.15, 0.2) is 67.0 Å². The molecule has 2 amide bonds. The van der Waals surface area contributed by atoms with Gasteiger partial charge in [0.15, 0.2) is 11.5 Å². The van der Waals surface area contributed by atoms with Crippen molar-refractivity contribution in [1.82, 2.24) is 10.3 Å². The number of pyridine rings is 1. The fourth-order valence-corrected chi connectivity index (χ4v) is 4.25. The number of fused-ring (bicyclic) bond motifs is 1. The zero-order valence-electron chi connectivity index (χ0n) is 19.5. The second kappa shape index (κ2) is 10.0. The Hall–Kier alpha value is -4.07. The third-order valence-electron chi connectivity index (χ3n) is 6.20. The van der Waals surface area contributed by atoms with Crippen molar-refractivity contribution in [3.05, 3.63) is 78.1 Å². The molecule has 0 spiro atoms. The third-order valence-corrected chi connectivity index (χ3v) is 6.20. The van der Waals surface area contributed by atoms with Gasteiger partial charge in [-0.3, -0.25) is 14.6 Å². The predicted octanol–water partition coefficient (Wildman–Crippen LogP) is 3.66. The Labute approximate surface area is 203 Å². The lowest BCUT2D eigenvalue weighted by molar-refractivity contribution is -0.126. The molecule has 0 saturated carbocycles. The van der Waals surface area contributed by atoms with Crippen LogP contribution in [0, 0.1) is 5.92 Å². The number of rotatable bonds is 7. The summed E-state index contributed by atoms with van der Waals surface area (Å²) in [5.41, 5.74) is 2.66. The number of amides is 2. The molecule has 0 radical (unpaired) electrons. The fraction of sp³-hybridized carbons (Fsp3) is 0.296. The van der Waals surface area contributed by atoms with Crippen LogP contribution >= 0.6 is 0 Å². The van der Waals surface area contributed by atoms with Crippen LogP contribution in [0.3, 0.4) is 0 Å². The molecule has 35 heavy (non-hydrogen) atoms. The molecule has 5 rings (SSSR count). The molecular weight excluding hydrogens is 446 g/mol. The summed E-state index contributed by atoms with van der Waals surface area (Å²) in [6.45, 7) is 3.69. The summed E-state index contributed by atoms with van der Waals surface area (Å²) in [5.74, 6) is 1.40. The number of aromatic nitrogens is 1. The third kappa shape index (κ3) is 5.21. The molecule has 1 fully saturated rings. The minimum atomic E-state index is -0.416. The van der Waals surface area contributed by atoms with Crippen molar-refractivity contribution in [3.8, 4) is 17.2 Å². The van der Waals surface area contributed by atoms with Gasteiger partial charge in [0, 0.05) is 42.7 Å². The fourth-order valence-electron chi connectivity index (χ4n) is 4.25. The topological polar surface area (TPSA) is 90.0 Å². The number of nitrogens with one attached hydrogen (secondary N) is 1. The Morgan fingerprint density at radius 3 is 2.71 bits per heavy atom. The molecule has 1 aromatic heterocycles. The molecule has 180 valence electrons. The number of benzene rings is 2. The van der Waals surface area contributed by atoms with E-state index in [9.17, 15) is 9.59 Å². The van der Waals surface area contributed by atoms with Gasteiger partial charge in [-0.15, -0.1) is 0 Å². The van der Waals surface area contributed by atoms with Gasteiger partial charge in [-0.25, -0.2) is 0 Å². The van der Waals surface area contributed by atoms with Crippen LogP contribution in [0.5, 0.6) is 17.2 Å². The highest BCUT2D eigenvalue weighted by molar-refractivity contribution is 6.00. The number of carbonyl (C=O) groups excluding carboxylic acids is 2. The molecule has 8 heteroatoms. The molecule has 2 unspecified atom stereocenters. The first-order valence-corrected chi connectivity index (χ1v) is 11.7. The van der Waals surface area contributed by atoms with E-state index >= 15 is 0 Å². The largest absolute Gasteiger partial charge is 0.489 e. The number of hydrogen-bond donors (Lipinski definition) is 1. The van der Waals surface area contributed by atoms with E-state index in [-0.39, 0.29) is 24.3 Å². The van der Waals surface area contributed by atoms with Gasteiger partial charge in [0.2, 0.25) is 11.8 Å². The number of hydrogen-bond acceptors (Lipinski definition) is 6. The van der Waals surface area contributed by atoms with Gasteiger partial charge in [0.1, 0.15) is 25.6 Å². The van der Waals surface area contributed by atoms with Gasteiger partial charge in [0.05, 0.1) is 12.0 Å². The van der Waals surface area contributed by atoms with Crippen LogP contribution in [0.2, 0.25) is 0 Å². The zero-order valence-corrected chi connectivity index (χ0v) is 19.5. The first kappa shape index (κ1) is 22.7. The Morgan fingerprint density at radius 2 is 1.94 bits per heavy atom. The van der Waals surface area contributed by atoms with Gasteiger partial charge in [-0.2, -0.15) is 0 Å². The maximum absolute atomic E-state index is 12.9. The molecule has 0 bridgehead atoms. The highest BCUT2D eigenvalue weighted by Crippen LogP contribution is 2.36. The van der Waals surface area contributed by atoms with E-state index in [1.807, 2.05) is 49.4 Å². The quantitative estimate of drug-likeness (QED) is 0.563. The second-order valence-electron chi connectivity index (χ2n) is 8.68. The molecule has 2 aromatic carbocycles. The molecule has 0 aliphatic carbocycles. The Kier molecular flexibility index (Phi) is 6.52. The van der Waals surface area contributed by atoms with E-state index in [4.69, 9.17) is 14.2 Å². The van der Waals surface area contributed by atoms with Gasteiger partial charge in [0.25, 0.3) is 0 Å². The first-order valence-electron chi connectivity index (χ1n) is 11.7. The molecule has 8 nitrogen and oxygen atoms in total. The van der Waals surface area contributed by atoms with E-state index < -0.39 is 5.92 Å². The monoisotopic (exact) mass is 473 g/mol. The van der Waals surface area contributed by atoms with Gasteiger partial charge < -0.3 is 24.4 Å².